The van der Waals surface area contributed by atoms with Crippen molar-refractivity contribution in [2.75, 3.05) is 30.9 Å². The van der Waals surface area contributed by atoms with Crippen molar-refractivity contribution in [3.8, 4) is 0 Å². The first-order chi connectivity index (χ1) is 15.3. The molecule has 2 heterocycles. The number of hydrogen-bond donors (Lipinski definition) is 1. The number of sulfonamides is 2. The first-order valence-corrected chi connectivity index (χ1v) is 13.7. The van der Waals surface area contributed by atoms with Gasteiger partial charge in [0.1, 0.15) is 0 Å². The highest BCUT2D eigenvalue weighted by Crippen LogP contribution is 2.25. The normalized spacial score (nSPS) is 17.9. The zero-order valence-electron chi connectivity index (χ0n) is 17.7. The fourth-order valence-corrected chi connectivity index (χ4v) is 6.69. The Hall–Kier alpha value is -2.43. The average Bonchev–Trinajstić information content (AvgIpc) is 3.35. The van der Waals surface area contributed by atoms with Crippen LogP contribution in [0.3, 0.4) is 0 Å². The molecule has 2 aromatic rings. The van der Waals surface area contributed by atoms with Gasteiger partial charge >= 0.3 is 0 Å². The maximum absolute atomic E-state index is 13.0. The lowest BCUT2D eigenvalue weighted by atomic mass is 10.1. The van der Waals surface area contributed by atoms with Gasteiger partial charge in [-0.15, -0.1) is 0 Å². The van der Waals surface area contributed by atoms with Gasteiger partial charge in [0.05, 0.1) is 21.0 Å². The lowest BCUT2D eigenvalue weighted by Crippen LogP contribution is -2.36. The molecule has 2 aliphatic heterocycles. The third kappa shape index (κ3) is 4.67. The lowest BCUT2D eigenvalue weighted by molar-refractivity contribution is 0.0725. The van der Waals surface area contributed by atoms with Crippen molar-refractivity contribution in [3.63, 3.8) is 0 Å². The van der Waals surface area contributed by atoms with Gasteiger partial charge in [0.2, 0.25) is 10.0 Å². The Morgan fingerprint density at radius 2 is 1.28 bits per heavy atom. The minimum Gasteiger partial charge on any atom is -0.339 e. The molecule has 1 amide bonds. The van der Waals surface area contributed by atoms with Crippen LogP contribution in [-0.4, -0.2) is 58.1 Å². The lowest BCUT2D eigenvalue weighted by Gasteiger charge is -2.27. The molecule has 2 fully saturated rings. The van der Waals surface area contributed by atoms with Gasteiger partial charge < -0.3 is 4.90 Å². The number of para-hydroxylation sites is 1. The summed E-state index contributed by atoms with van der Waals surface area (Å²) in [5, 5.41) is 0. The van der Waals surface area contributed by atoms with E-state index in [-0.39, 0.29) is 21.4 Å². The average molecular weight is 478 g/mol. The number of rotatable bonds is 6. The maximum Gasteiger partial charge on any atom is 0.261 e. The van der Waals surface area contributed by atoms with Crippen LogP contribution in [0.2, 0.25) is 0 Å². The molecule has 32 heavy (non-hydrogen) atoms. The molecule has 8 nitrogen and oxygen atoms in total. The third-order valence-electron chi connectivity index (χ3n) is 5.88. The van der Waals surface area contributed by atoms with E-state index in [0.717, 1.165) is 32.1 Å². The predicted octanol–water partition coefficient (Wildman–Crippen LogP) is 2.90. The summed E-state index contributed by atoms with van der Waals surface area (Å²) in [6.45, 7) is 2.28. The fourth-order valence-electron chi connectivity index (χ4n) is 4.10. The van der Waals surface area contributed by atoms with Crippen molar-refractivity contribution in [2.45, 2.75) is 41.9 Å². The van der Waals surface area contributed by atoms with Crippen LogP contribution < -0.4 is 4.72 Å². The molecule has 0 unspecified atom stereocenters. The first kappa shape index (κ1) is 22.8. The number of amides is 1. The molecule has 1 N–H and O–H groups in total. The van der Waals surface area contributed by atoms with Gasteiger partial charge in [0.25, 0.3) is 15.9 Å². The summed E-state index contributed by atoms with van der Waals surface area (Å²) < 4.78 is 55.2. The van der Waals surface area contributed by atoms with Gasteiger partial charge in [-0.2, -0.15) is 4.31 Å². The summed E-state index contributed by atoms with van der Waals surface area (Å²) in [6, 6.07) is 11.7. The van der Waals surface area contributed by atoms with E-state index < -0.39 is 20.0 Å². The summed E-state index contributed by atoms with van der Waals surface area (Å²) in [6.07, 6.45) is 4.61. The van der Waals surface area contributed by atoms with Gasteiger partial charge in [-0.25, -0.2) is 16.8 Å². The molecule has 172 valence electrons. The molecule has 0 aromatic heterocycles. The van der Waals surface area contributed by atoms with Crippen LogP contribution >= 0.6 is 0 Å². The van der Waals surface area contributed by atoms with Gasteiger partial charge in [-0.3, -0.25) is 9.52 Å². The molecular formula is C22H27N3O5S2. The van der Waals surface area contributed by atoms with Crippen LogP contribution in [0.25, 0.3) is 0 Å². The van der Waals surface area contributed by atoms with E-state index in [9.17, 15) is 21.6 Å². The molecular weight excluding hydrogens is 450 g/mol. The van der Waals surface area contributed by atoms with Crippen LogP contribution in [0, 0.1) is 0 Å². The smallest absolute Gasteiger partial charge is 0.261 e. The second-order valence-corrected chi connectivity index (χ2v) is 11.7. The Morgan fingerprint density at radius 3 is 1.94 bits per heavy atom. The second-order valence-electron chi connectivity index (χ2n) is 8.09. The number of carbonyl (C=O) groups excluding carboxylic acids is 1. The zero-order chi connectivity index (χ0) is 22.8. The number of piperidine rings is 1. The van der Waals surface area contributed by atoms with E-state index in [1.54, 1.807) is 29.2 Å². The highest BCUT2D eigenvalue weighted by atomic mass is 32.2. The van der Waals surface area contributed by atoms with Crippen molar-refractivity contribution in [2.24, 2.45) is 0 Å². The number of carbonyl (C=O) groups is 1. The molecule has 0 radical (unpaired) electrons. The minimum absolute atomic E-state index is 0.0685. The zero-order valence-corrected chi connectivity index (χ0v) is 19.4. The van der Waals surface area contributed by atoms with Crippen LogP contribution in [-0.2, 0) is 20.0 Å². The molecule has 4 rings (SSSR count). The van der Waals surface area contributed by atoms with Crippen LogP contribution in [0.1, 0.15) is 42.5 Å². The Morgan fingerprint density at radius 1 is 0.719 bits per heavy atom. The van der Waals surface area contributed by atoms with Crippen molar-refractivity contribution in [1.82, 2.24) is 9.21 Å². The minimum atomic E-state index is -4.01. The highest BCUT2D eigenvalue weighted by Gasteiger charge is 2.28. The van der Waals surface area contributed by atoms with E-state index in [2.05, 4.69) is 4.72 Å². The van der Waals surface area contributed by atoms with Crippen LogP contribution in [0.5, 0.6) is 0 Å². The molecule has 0 saturated carbocycles. The van der Waals surface area contributed by atoms with Crippen molar-refractivity contribution in [1.29, 1.82) is 0 Å². The highest BCUT2D eigenvalue weighted by molar-refractivity contribution is 7.92. The van der Waals surface area contributed by atoms with E-state index >= 15 is 0 Å². The SMILES string of the molecule is O=C(c1ccccc1NS(=O)(=O)c1ccc(S(=O)(=O)N2CCCC2)cc1)N1CCCCC1. The number of nitrogens with one attached hydrogen (secondary N) is 1. The predicted molar refractivity (Wildman–Crippen MR) is 121 cm³/mol. The Bertz CT molecular complexity index is 1180. The molecule has 2 aliphatic rings. The van der Waals surface area contributed by atoms with Crippen LogP contribution in [0.4, 0.5) is 5.69 Å². The number of likely N-dealkylation sites (tertiary alicyclic amines) is 1. The molecule has 0 aliphatic carbocycles. The molecule has 0 bridgehead atoms. The molecule has 0 atom stereocenters. The molecule has 2 aromatic carbocycles. The first-order valence-electron chi connectivity index (χ1n) is 10.8. The summed E-state index contributed by atoms with van der Waals surface area (Å²) in [5.74, 6) is -0.199. The fraction of sp³-hybridized carbons (Fsp3) is 0.409. The molecule has 0 spiro atoms. The van der Waals surface area contributed by atoms with Crippen LogP contribution in [0.15, 0.2) is 58.3 Å². The van der Waals surface area contributed by atoms with Gasteiger partial charge in [-0.1, -0.05) is 12.1 Å². The van der Waals surface area contributed by atoms with Gasteiger partial charge in [-0.05, 0) is 68.5 Å². The Kier molecular flexibility index (Phi) is 6.55. The van der Waals surface area contributed by atoms with Crippen molar-refractivity contribution in [3.05, 3.63) is 54.1 Å². The Labute approximate surface area is 189 Å². The van der Waals surface area contributed by atoms with Gasteiger partial charge in [0, 0.05) is 26.2 Å². The third-order valence-corrected chi connectivity index (χ3v) is 9.18. The molecule has 10 heteroatoms. The Balaban J connectivity index is 1.56. The quantitative estimate of drug-likeness (QED) is 0.689. The van der Waals surface area contributed by atoms with Crippen molar-refractivity contribution < 1.29 is 21.6 Å². The number of benzene rings is 2. The number of anilines is 1. The van der Waals surface area contributed by atoms with E-state index in [4.69, 9.17) is 0 Å². The summed E-state index contributed by atoms with van der Waals surface area (Å²) in [5.41, 5.74) is 0.503. The number of hydrogen-bond acceptors (Lipinski definition) is 5. The van der Waals surface area contributed by atoms with E-state index in [1.165, 1.54) is 28.6 Å². The number of nitrogens with zero attached hydrogens (tertiary/aromatic N) is 2. The summed E-state index contributed by atoms with van der Waals surface area (Å²) >= 11 is 0. The summed E-state index contributed by atoms with van der Waals surface area (Å²) in [4.78, 5) is 14.7. The molecule has 2 saturated heterocycles. The standard InChI is InChI=1S/C22H27N3O5S2/c26-22(24-14-4-1-5-15-24)20-8-2-3-9-21(20)23-31(27,28)18-10-12-19(13-11-18)32(29,30)25-16-6-7-17-25/h2-3,8-13,23H,1,4-7,14-17H2. The summed E-state index contributed by atoms with van der Waals surface area (Å²) in [7, 11) is -7.63. The maximum atomic E-state index is 13.0. The van der Waals surface area contributed by atoms with Crippen molar-refractivity contribution >= 4 is 31.6 Å². The van der Waals surface area contributed by atoms with E-state index in [1.807, 2.05) is 0 Å². The second kappa shape index (κ2) is 9.21. The topological polar surface area (TPSA) is 104 Å². The van der Waals surface area contributed by atoms with Gasteiger partial charge in [0.15, 0.2) is 0 Å². The largest absolute Gasteiger partial charge is 0.339 e. The monoisotopic (exact) mass is 477 g/mol. The van der Waals surface area contributed by atoms with E-state index in [0.29, 0.717) is 31.7 Å².